The van der Waals surface area contributed by atoms with Crippen molar-refractivity contribution in [3.05, 3.63) is 24.0 Å². The molecule has 1 fully saturated rings. The van der Waals surface area contributed by atoms with Crippen molar-refractivity contribution in [2.75, 3.05) is 25.3 Å². The molecular weight excluding hydrogens is 364 g/mol. The predicted molar refractivity (Wildman–Crippen MR) is 106 cm³/mol. The zero-order valence-corrected chi connectivity index (χ0v) is 16.8. The molecular formula is C19H26N4O3S. The number of carbonyl (C=O) groups is 1. The van der Waals surface area contributed by atoms with E-state index in [1.165, 1.54) is 31.0 Å². The predicted octanol–water partition coefficient (Wildman–Crippen LogP) is 3.84. The Morgan fingerprint density at radius 3 is 2.70 bits per heavy atom. The molecule has 3 rings (SSSR count). The molecule has 1 aromatic heterocycles. The van der Waals surface area contributed by atoms with Crippen LogP contribution < -0.4 is 14.8 Å². The summed E-state index contributed by atoms with van der Waals surface area (Å²) in [5.41, 5.74) is 0.590. The van der Waals surface area contributed by atoms with Gasteiger partial charge in [0.25, 0.3) is 0 Å². The van der Waals surface area contributed by atoms with Gasteiger partial charge in [-0.05, 0) is 31.9 Å². The summed E-state index contributed by atoms with van der Waals surface area (Å²) in [4.78, 5) is 12.5. The Labute approximate surface area is 163 Å². The Hall–Kier alpha value is -2.22. The maximum absolute atomic E-state index is 12.5. The zero-order chi connectivity index (χ0) is 19.2. The minimum absolute atomic E-state index is 0.123. The number of aryl methyl sites for hydroxylation is 1. The van der Waals surface area contributed by atoms with Gasteiger partial charge in [0.05, 0.1) is 25.7 Å². The molecule has 1 amide bonds. The molecule has 0 spiro atoms. The average Bonchev–Trinajstić information content (AvgIpc) is 3.07. The second-order valence-electron chi connectivity index (χ2n) is 6.59. The number of nitrogens with zero attached hydrogens (tertiary/aromatic N) is 3. The molecule has 1 heterocycles. The SMILES string of the molecule is COc1ccc(OC)c(NC(=O)CSc2nnc(C)n2C2CCCCC2)c1. The van der Waals surface area contributed by atoms with Gasteiger partial charge in [-0.1, -0.05) is 31.0 Å². The van der Waals surface area contributed by atoms with E-state index in [1.54, 1.807) is 32.4 Å². The highest BCUT2D eigenvalue weighted by molar-refractivity contribution is 7.99. The van der Waals surface area contributed by atoms with E-state index in [0.717, 1.165) is 23.8 Å². The maximum atomic E-state index is 12.5. The second-order valence-corrected chi connectivity index (χ2v) is 7.54. The topological polar surface area (TPSA) is 78.3 Å². The summed E-state index contributed by atoms with van der Waals surface area (Å²) >= 11 is 1.42. The van der Waals surface area contributed by atoms with Crippen LogP contribution in [0.5, 0.6) is 11.5 Å². The van der Waals surface area contributed by atoms with Gasteiger partial charge in [0.15, 0.2) is 5.16 Å². The van der Waals surface area contributed by atoms with E-state index in [2.05, 4.69) is 20.1 Å². The molecule has 146 valence electrons. The van der Waals surface area contributed by atoms with Crippen molar-refractivity contribution in [2.24, 2.45) is 0 Å². The number of ether oxygens (including phenoxy) is 2. The van der Waals surface area contributed by atoms with Crippen LogP contribution in [0, 0.1) is 6.92 Å². The second kappa shape index (κ2) is 9.12. The first kappa shape index (κ1) is 19.5. The number of hydrogen-bond acceptors (Lipinski definition) is 6. The first-order valence-corrected chi connectivity index (χ1v) is 10.2. The molecule has 0 bridgehead atoms. The highest BCUT2D eigenvalue weighted by Crippen LogP contribution is 2.33. The van der Waals surface area contributed by atoms with Crippen molar-refractivity contribution in [3.8, 4) is 11.5 Å². The average molecular weight is 391 g/mol. The quantitative estimate of drug-likeness (QED) is 0.724. The van der Waals surface area contributed by atoms with Gasteiger partial charge in [0, 0.05) is 12.1 Å². The zero-order valence-electron chi connectivity index (χ0n) is 16.0. The molecule has 27 heavy (non-hydrogen) atoms. The molecule has 0 unspecified atom stereocenters. The number of aromatic nitrogens is 3. The summed E-state index contributed by atoms with van der Waals surface area (Å²) in [6.07, 6.45) is 6.08. The number of anilines is 1. The van der Waals surface area contributed by atoms with Gasteiger partial charge in [-0.15, -0.1) is 10.2 Å². The third-order valence-corrected chi connectivity index (χ3v) is 5.73. The van der Waals surface area contributed by atoms with Crippen LogP contribution >= 0.6 is 11.8 Å². The van der Waals surface area contributed by atoms with Gasteiger partial charge in [0.2, 0.25) is 5.91 Å². The summed E-state index contributed by atoms with van der Waals surface area (Å²) < 4.78 is 12.7. The van der Waals surface area contributed by atoms with Gasteiger partial charge in [-0.2, -0.15) is 0 Å². The van der Waals surface area contributed by atoms with Gasteiger partial charge in [0.1, 0.15) is 17.3 Å². The largest absolute Gasteiger partial charge is 0.497 e. The fraction of sp³-hybridized carbons (Fsp3) is 0.526. The third kappa shape index (κ3) is 4.74. The van der Waals surface area contributed by atoms with E-state index in [-0.39, 0.29) is 11.7 Å². The van der Waals surface area contributed by atoms with Crippen molar-refractivity contribution in [1.82, 2.24) is 14.8 Å². The highest BCUT2D eigenvalue weighted by atomic mass is 32.2. The van der Waals surface area contributed by atoms with Crippen LogP contribution in [-0.4, -0.2) is 40.6 Å². The van der Waals surface area contributed by atoms with Gasteiger partial charge in [-0.3, -0.25) is 4.79 Å². The lowest BCUT2D eigenvalue weighted by molar-refractivity contribution is -0.113. The smallest absolute Gasteiger partial charge is 0.234 e. The molecule has 0 atom stereocenters. The lowest BCUT2D eigenvalue weighted by Crippen LogP contribution is -2.17. The molecule has 1 N–H and O–H groups in total. The number of benzene rings is 1. The molecule has 8 heteroatoms. The fourth-order valence-corrected chi connectivity index (χ4v) is 4.29. The normalized spacial score (nSPS) is 14.8. The Morgan fingerprint density at radius 1 is 1.22 bits per heavy atom. The van der Waals surface area contributed by atoms with Gasteiger partial charge in [-0.25, -0.2) is 0 Å². The Bertz CT molecular complexity index is 787. The molecule has 1 aliphatic carbocycles. The molecule has 1 saturated carbocycles. The first-order chi connectivity index (χ1) is 13.1. The fourth-order valence-electron chi connectivity index (χ4n) is 3.44. The minimum Gasteiger partial charge on any atom is -0.497 e. The van der Waals surface area contributed by atoms with Crippen LogP contribution in [-0.2, 0) is 4.79 Å². The molecule has 0 saturated heterocycles. The molecule has 7 nitrogen and oxygen atoms in total. The number of thioether (sulfide) groups is 1. The third-order valence-electron chi connectivity index (χ3n) is 4.79. The first-order valence-electron chi connectivity index (χ1n) is 9.18. The molecule has 0 radical (unpaired) electrons. The van der Waals surface area contributed by atoms with Crippen molar-refractivity contribution in [1.29, 1.82) is 0 Å². The standard InChI is InChI=1S/C19H26N4O3S/c1-13-21-22-19(23(13)14-7-5-4-6-8-14)27-12-18(24)20-16-11-15(25-2)9-10-17(16)26-3/h9-11,14H,4-8,12H2,1-3H3,(H,20,24). The number of carbonyl (C=O) groups excluding carboxylic acids is 1. The van der Waals surface area contributed by atoms with Crippen LogP contribution in [0.4, 0.5) is 5.69 Å². The summed E-state index contributed by atoms with van der Waals surface area (Å²) in [7, 11) is 3.16. The highest BCUT2D eigenvalue weighted by Gasteiger charge is 2.22. The van der Waals surface area contributed by atoms with Crippen LogP contribution in [0.3, 0.4) is 0 Å². The number of nitrogens with one attached hydrogen (secondary N) is 1. The molecule has 0 aliphatic heterocycles. The van der Waals surface area contributed by atoms with E-state index in [4.69, 9.17) is 9.47 Å². The van der Waals surface area contributed by atoms with Gasteiger partial charge < -0.3 is 19.4 Å². The maximum Gasteiger partial charge on any atom is 0.234 e. The van der Waals surface area contributed by atoms with E-state index in [0.29, 0.717) is 23.2 Å². The Morgan fingerprint density at radius 2 is 2.00 bits per heavy atom. The molecule has 2 aromatic rings. The lowest BCUT2D eigenvalue weighted by Gasteiger charge is -2.24. The summed E-state index contributed by atoms with van der Waals surface area (Å²) in [5, 5.41) is 12.2. The summed E-state index contributed by atoms with van der Waals surface area (Å²) in [5.74, 6) is 2.30. The van der Waals surface area contributed by atoms with Crippen LogP contribution in [0.15, 0.2) is 23.4 Å². The summed E-state index contributed by atoms with van der Waals surface area (Å²) in [6, 6.07) is 5.75. The van der Waals surface area contributed by atoms with E-state index >= 15 is 0 Å². The van der Waals surface area contributed by atoms with Crippen molar-refractivity contribution < 1.29 is 14.3 Å². The van der Waals surface area contributed by atoms with E-state index in [1.807, 2.05) is 6.92 Å². The molecule has 1 aliphatic rings. The van der Waals surface area contributed by atoms with Crippen molar-refractivity contribution in [3.63, 3.8) is 0 Å². The molecule has 1 aromatic carbocycles. The van der Waals surface area contributed by atoms with Gasteiger partial charge >= 0.3 is 0 Å². The Kier molecular flexibility index (Phi) is 6.60. The van der Waals surface area contributed by atoms with E-state index in [9.17, 15) is 4.79 Å². The number of methoxy groups -OCH3 is 2. The summed E-state index contributed by atoms with van der Waals surface area (Å²) in [6.45, 7) is 1.98. The number of hydrogen-bond donors (Lipinski definition) is 1. The van der Waals surface area contributed by atoms with Crippen LogP contribution in [0.1, 0.15) is 44.0 Å². The van der Waals surface area contributed by atoms with Crippen molar-refractivity contribution in [2.45, 2.75) is 50.2 Å². The van der Waals surface area contributed by atoms with E-state index < -0.39 is 0 Å². The number of amides is 1. The Balaban J connectivity index is 1.65. The minimum atomic E-state index is -0.123. The lowest BCUT2D eigenvalue weighted by atomic mass is 9.95. The van der Waals surface area contributed by atoms with Crippen LogP contribution in [0.2, 0.25) is 0 Å². The van der Waals surface area contributed by atoms with Crippen molar-refractivity contribution >= 4 is 23.4 Å². The number of rotatable bonds is 7. The monoisotopic (exact) mass is 390 g/mol. The van der Waals surface area contributed by atoms with Crippen LogP contribution in [0.25, 0.3) is 0 Å².